The fourth-order valence-electron chi connectivity index (χ4n) is 3.18. The molecule has 2 aromatic heterocycles. The summed E-state index contributed by atoms with van der Waals surface area (Å²) in [4.78, 5) is 25.2. The van der Waals surface area contributed by atoms with Gasteiger partial charge in [-0.1, -0.05) is 11.6 Å². The van der Waals surface area contributed by atoms with Gasteiger partial charge in [0.2, 0.25) is 5.91 Å². The minimum atomic E-state index is -0.560. The number of halogens is 1. The van der Waals surface area contributed by atoms with Crippen LogP contribution in [0.4, 0.5) is 0 Å². The molecule has 1 aromatic carbocycles. The monoisotopic (exact) mass is 398 g/mol. The van der Waals surface area contributed by atoms with E-state index in [0.29, 0.717) is 40.8 Å². The maximum absolute atomic E-state index is 13.0. The number of carbonyl (C=O) groups is 2. The quantitative estimate of drug-likeness (QED) is 0.706. The van der Waals surface area contributed by atoms with Crippen molar-refractivity contribution in [1.29, 1.82) is 0 Å². The fourth-order valence-corrected chi connectivity index (χ4v) is 3.30. The number of carbonyl (C=O) groups excluding carboxylic acids is 2. The van der Waals surface area contributed by atoms with E-state index in [1.165, 1.54) is 4.68 Å². The van der Waals surface area contributed by atoms with Crippen LogP contribution in [0.2, 0.25) is 5.02 Å². The van der Waals surface area contributed by atoms with Crippen LogP contribution in [0.1, 0.15) is 29.8 Å². The molecule has 2 N–H and O–H groups in total. The van der Waals surface area contributed by atoms with Gasteiger partial charge in [0.05, 0.1) is 12.0 Å². The van der Waals surface area contributed by atoms with Gasteiger partial charge in [-0.2, -0.15) is 5.10 Å². The Hall–Kier alpha value is -3.06. The van der Waals surface area contributed by atoms with Crippen molar-refractivity contribution in [3.05, 3.63) is 59.4 Å². The number of furan rings is 1. The maximum Gasteiger partial charge on any atom is 0.270 e. The van der Waals surface area contributed by atoms with Gasteiger partial charge < -0.3 is 15.1 Å². The summed E-state index contributed by atoms with van der Waals surface area (Å²) in [5.74, 6) is 0.0194. The molecule has 7 nitrogen and oxygen atoms in total. The van der Waals surface area contributed by atoms with E-state index in [-0.39, 0.29) is 11.8 Å². The zero-order chi connectivity index (χ0) is 19.5. The Morgan fingerprint density at radius 2 is 2.07 bits per heavy atom. The highest BCUT2D eigenvalue weighted by atomic mass is 35.5. The van der Waals surface area contributed by atoms with Crippen LogP contribution in [-0.4, -0.2) is 34.2 Å². The third-order valence-electron chi connectivity index (χ3n) is 4.63. The lowest BCUT2D eigenvalue weighted by Gasteiger charge is -2.15. The minimum absolute atomic E-state index is 0.158. The molecule has 0 bridgehead atoms. The Morgan fingerprint density at radius 1 is 1.25 bits per heavy atom. The number of hydrogen-bond donors (Lipinski definition) is 2. The van der Waals surface area contributed by atoms with E-state index in [4.69, 9.17) is 16.0 Å². The molecule has 3 aromatic rings. The van der Waals surface area contributed by atoms with Crippen LogP contribution in [0, 0.1) is 0 Å². The lowest BCUT2D eigenvalue weighted by Crippen LogP contribution is -2.45. The highest BCUT2D eigenvalue weighted by Gasteiger charge is 2.26. The largest absolute Gasteiger partial charge is 0.463 e. The van der Waals surface area contributed by atoms with Gasteiger partial charge in [-0.3, -0.25) is 9.59 Å². The van der Waals surface area contributed by atoms with Gasteiger partial charge in [0.15, 0.2) is 5.76 Å². The van der Waals surface area contributed by atoms with E-state index < -0.39 is 6.04 Å². The molecule has 1 aliphatic heterocycles. The Labute approximate surface area is 166 Å². The summed E-state index contributed by atoms with van der Waals surface area (Å²) in [7, 11) is 0. The summed E-state index contributed by atoms with van der Waals surface area (Å²) in [6.45, 7) is 0.635. The van der Waals surface area contributed by atoms with Crippen LogP contribution in [0.15, 0.2) is 53.1 Å². The number of nitrogens with one attached hydrogen (secondary N) is 2. The van der Waals surface area contributed by atoms with Crippen LogP contribution in [0.3, 0.4) is 0 Å². The number of amides is 2. The van der Waals surface area contributed by atoms with Crippen LogP contribution < -0.4 is 10.6 Å². The normalized spacial score (nSPS) is 17.0. The van der Waals surface area contributed by atoms with Gasteiger partial charge in [-0.05, 0) is 55.7 Å². The first-order valence-electron chi connectivity index (χ1n) is 9.10. The number of hydrogen-bond acceptors (Lipinski definition) is 4. The highest BCUT2D eigenvalue weighted by Crippen LogP contribution is 2.23. The molecule has 1 saturated heterocycles. The predicted molar refractivity (Wildman–Crippen MR) is 104 cm³/mol. The van der Waals surface area contributed by atoms with Crippen molar-refractivity contribution in [3.8, 4) is 17.1 Å². The molecule has 0 radical (unpaired) electrons. The fraction of sp³-hybridized carbons (Fsp3) is 0.250. The Kier molecular flexibility index (Phi) is 5.16. The summed E-state index contributed by atoms with van der Waals surface area (Å²) >= 11 is 5.98. The molecular formula is C20H19ClN4O3. The van der Waals surface area contributed by atoms with Gasteiger partial charge in [-0.25, -0.2) is 4.68 Å². The van der Waals surface area contributed by atoms with E-state index in [1.807, 2.05) is 0 Å². The summed E-state index contributed by atoms with van der Waals surface area (Å²) in [6.07, 6.45) is 3.94. The number of benzene rings is 1. The molecule has 0 saturated carbocycles. The average molecular weight is 399 g/mol. The van der Waals surface area contributed by atoms with Crippen LogP contribution in [0.5, 0.6) is 0 Å². The molecule has 0 aliphatic carbocycles. The molecule has 8 heteroatoms. The van der Waals surface area contributed by atoms with Gasteiger partial charge in [0.1, 0.15) is 17.4 Å². The summed E-state index contributed by atoms with van der Waals surface area (Å²) in [5.41, 5.74) is 1.51. The summed E-state index contributed by atoms with van der Waals surface area (Å²) in [6, 6.07) is 11.6. The first-order chi connectivity index (χ1) is 13.6. The number of nitrogens with zero attached hydrogens (tertiary/aromatic N) is 2. The minimum Gasteiger partial charge on any atom is -0.463 e. The van der Waals surface area contributed by atoms with Gasteiger partial charge in [0, 0.05) is 17.6 Å². The Bertz CT molecular complexity index is 980. The average Bonchev–Trinajstić information content (AvgIpc) is 3.33. The van der Waals surface area contributed by atoms with Crippen molar-refractivity contribution >= 4 is 23.4 Å². The van der Waals surface area contributed by atoms with E-state index in [9.17, 15) is 9.59 Å². The number of aromatic nitrogens is 2. The lowest BCUT2D eigenvalue weighted by molar-refractivity contribution is -0.122. The molecule has 144 valence electrons. The molecular weight excluding hydrogens is 380 g/mol. The number of rotatable bonds is 4. The smallest absolute Gasteiger partial charge is 0.270 e. The van der Waals surface area contributed by atoms with Crippen LogP contribution >= 0.6 is 11.6 Å². The van der Waals surface area contributed by atoms with Crippen molar-refractivity contribution in [3.63, 3.8) is 0 Å². The highest BCUT2D eigenvalue weighted by molar-refractivity contribution is 6.30. The molecule has 0 spiro atoms. The van der Waals surface area contributed by atoms with E-state index in [2.05, 4.69) is 15.7 Å². The van der Waals surface area contributed by atoms with Crippen LogP contribution in [0.25, 0.3) is 17.1 Å². The molecule has 3 heterocycles. The summed E-state index contributed by atoms with van der Waals surface area (Å²) in [5, 5.41) is 10.8. The standard InChI is InChI=1S/C20H19ClN4O3/c21-13-6-8-14(9-7-13)25-17(12-16(24-25)18-5-3-11-28-18)20(27)23-15-4-1-2-10-22-19(15)26/h3,5-9,11-12,15H,1-2,4,10H2,(H,22,26)(H,23,27). The summed E-state index contributed by atoms with van der Waals surface area (Å²) < 4.78 is 6.94. The first-order valence-corrected chi connectivity index (χ1v) is 9.48. The molecule has 4 rings (SSSR count). The second kappa shape index (κ2) is 7.90. The van der Waals surface area contributed by atoms with Crippen molar-refractivity contribution in [2.24, 2.45) is 0 Å². The molecule has 1 unspecified atom stereocenters. The Balaban J connectivity index is 1.68. The second-order valence-corrected chi connectivity index (χ2v) is 7.03. The zero-order valence-corrected chi connectivity index (χ0v) is 15.8. The van der Waals surface area contributed by atoms with Gasteiger partial charge in [0.25, 0.3) is 5.91 Å². The molecule has 28 heavy (non-hydrogen) atoms. The van der Waals surface area contributed by atoms with E-state index >= 15 is 0 Å². The second-order valence-electron chi connectivity index (χ2n) is 6.59. The van der Waals surface area contributed by atoms with Gasteiger partial charge >= 0.3 is 0 Å². The lowest BCUT2D eigenvalue weighted by atomic mass is 10.1. The zero-order valence-electron chi connectivity index (χ0n) is 15.0. The third-order valence-corrected chi connectivity index (χ3v) is 4.88. The molecule has 2 amide bonds. The van der Waals surface area contributed by atoms with Crippen LogP contribution in [-0.2, 0) is 4.79 Å². The maximum atomic E-state index is 13.0. The topological polar surface area (TPSA) is 89.2 Å². The first kappa shape index (κ1) is 18.3. The SMILES string of the molecule is O=C(NC1CCCCNC1=O)c1cc(-c2ccco2)nn1-c1ccc(Cl)cc1. The van der Waals surface area contributed by atoms with Crippen molar-refractivity contribution in [2.75, 3.05) is 6.54 Å². The van der Waals surface area contributed by atoms with Gasteiger partial charge in [-0.15, -0.1) is 0 Å². The van der Waals surface area contributed by atoms with E-state index in [1.54, 1.807) is 48.7 Å². The van der Waals surface area contributed by atoms with E-state index in [0.717, 1.165) is 12.8 Å². The molecule has 1 fully saturated rings. The molecule has 1 atom stereocenters. The third kappa shape index (κ3) is 3.80. The molecule has 1 aliphatic rings. The van der Waals surface area contributed by atoms with Crippen molar-refractivity contribution < 1.29 is 14.0 Å². The Morgan fingerprint density at radius 3 is 2.82 bits per heavy atom. The van der Waals surface area contributed by atoms with Crippen molar-refractivity contribution in [2.45, 2.75) is 25.3 Å². The van der Waals surface area contributed by atoms with Crippen molar-refractivity contribution in [1.82, 2.24) is 20.4 Å². The predicted octanol–water partition coefficient (Wildman–Crippen LogP) is 3.18.